The Morgan fingerprint density at radius 1 is 1.08 bits per heavy atom. The zero-order valence-electron chi connectivity index (χ0n) is 14.7. The predicted molar refractivity (Wildman–Crippen MR) is 97.9 cm³/mol. The average Bonchev–Trinajstić information content (AvgIpc) is 3.15. The molecule has 0 radical (unpaired) electrons. The van der Waals surface area contributed by atoms with Crippen LogP contribution in [0.25, 0.3) is 0 Å². The zero-order chi connectivity index (χ0) is 17.8. The third-order valence-electron chi connectivity index (χ3n) is 5.21. The summed E-state index contributed by atoms with van der Waals surface area (Å²) in [4.78, 5) is 0. The monoisotopic (exact) mass is 357 g/mol. The van der Waals surface area contributed by atoms with Gasteiger partial charge in [0.05, 0.1) is 13.3 Å². The molecule has 2 atom stereocenters. The van der Waals surface area contributed by atoms with Gasteiger partial charge in [0, 0.05) is 24.9 Å². The second-order valence-electron chi connectivity index (χ2n) is 6.87. The van der Waals surface area contributed by atoms with Crippen LogP contribution in [-0.4, -0.2) is 33.2 Å². The number of aryl methyl sites for hydroxylation is 1. The number of ether oxygens (including phenoxy) is 3. The molecule has 5 heteroatoms. The molecule has 4 nitrogen and oxygen atoms in total. The first-order valence-electron chi connectivity index (χ1n) is 9.21. The average molecular weight is 357 g/mol. The molecule has 138 valence electrons. The molecule has 0 amide bonds. The van der Waals surface area contributed by atoms with E-state index in [1.54, 1.807) is 0 Å². The van der Waals surface area contributed by atoms with Crippen molar-refractivity contribution in [3.63, 3.8) is 0 Å². The number of hydrogen-bond acceptors (Lipinski definition) is 4. The number of rotatable bonds is 6. The summed E-state index contributed by atoms with van der Waals surface area (Å²) in [7, 11) is 0. The number of halogens is 1. The zero-order valence-corrected chi connectivity index (χ0v) is 14.7. The Hall–Kier alpha value is -2.27. The molecule has 0 aromatic heterocycles. The highest BCUT2D eigenvalue weighted by Crippen LogP contribution is 2.36. The number of nitrogens with one attached hydrogen (secondary N) is 1. The van der Waals surface area contributed by atoms with Gasteiger partial charge in [-0.1, -0.05) is 24.3 Å². The van der Waals surface area contributed by atoms with Crippen LogP contribution in [0.4, 0.5) is 4.39 Å². The van der Waals surface area contributed by atoms with E-state index in [2.05, 4.69) is 17.4 Å². The molecule has 4 rings (SSSR count). The van der Waals surface area contributed by atoms with Gasteiger partial charge < -0.3 is 19.5 Å². The van der Waals surface area contributed by atoms with Gasteiger partial charge in [0.15, 0.2) is 11.5 Å². The van der Waals surface area contributed by atoms with E-state index in [0.717, 1.165) is 42.3 Å². The van der Waals surface area contributed by atoms with Crippen molar-refractivity contribution in [2.75, 3.05) is 33.2 Å². The van der Waals surface area contributed by atoms with Crippen LogP contribution < -0.4 is 19.5 Å². The third kappa shape index (κ3) is 3.78. The second kappa shape index (κ2) is 7.96. The molecule has 0 aliphatic carbocycles. The second-order valence-corrected chi connectivity index (χ2v) is 6.87. The van der Waals surface area contributed by atoms with Crippen molar-refractivity contribution in [2.45, 2.75) is 18.8 Å². The molecular weight excluding hydrogens is 333 g/mol. The van der Waals surface area contributed by atoms with Crippen LogP contribution in [0.3, 0.4) is 0 Å². The Kier molecular flexibility index (Phi) is 5.25. The molecular formula is C21H24FNO3. The van der Waals surface area contributed by atoms with Crippen molar-refractivity contribution in [3.8, 4) is 17.2 Å². The van der Waals surface area contributed by atoms with Gasteiger partial charge in [0.25, 0.3) is 0 Å². The molecule has 2 aliphatic rings. The molecule has 1 N–H and O–H groups in total. The Balaban J connectivity index is 1.42. The van der Waals surface area contributed by atoms with Crippen LogP contribution in [0.2, 0.25) is 0 Å². The van der Waals surface area contributed by atoms with E-state index in [-0.39, 0.29) is 13.5 Å². The fraction of sp³-hybridized carbons (Fsp3) is 0.429. The Morgan fingerprint density at radius 2 is 1.92 bits per heavy atom. The Labute approximate surface area is 153 Å². The minimum Gasteiger partial charge on any atom is -0.493 e. The number of benzene rings is 2. The van der Waals surface area contributed by atoms with Gasteiger partial charge in [-0.2, -0.15) is 0 Å². The lowest BCUT2D eigenvalue weighted by atomic mass is 9.81. The van der Waals surface area contributed by atoms with Gasteiger partial charge in [-0.05, 0) is 42.1 Å². The van der Waals surface area contributed by atoms with Gasteiger partial charge >= 0.3 is 0 Å². The number of hydrogen-bond donors (Lipinski definition) is 1. The highest BCUT2D eigenvalue weighted by molar-refractivity contribution is 5.46. The number of fused-ring (bicyclic) bond motifs is 1. The molecule has 2 aliphatic heterocycles. The maximum Gasteiger partial charge on any atom is 0.231 e. The van der Waals surface area contributed by atoms with Crippen LogP contribution in [0.15, 0.2) is 42.5 Å². The maximum absolute atomic E-state index is 12.5. The summed E-state index contributed by atoms with van der Waals surface area (Å²) in [6.07, 6.45) is 1.57. The highest BCUT2D eigenvalue weighted by atomic mass is 19.1. The van der Waals surface area contributed by atoms with E-state index in [4.69, 9.17) is 14.2 Å². The first kappa shape index (κ1) is 17.2. The van der Waals surface area contributed by atoms with E-state index >= 15 is 0 Å². The molecule has 2 aromatic rings. The molecule has 2 aromatic carbocycles. The summed E-state index contributed by atoms with van der Waals surface area (Å²) >= 11 is 0. The molecule has 0 bridgehead atoms. The van der Waals surface area contributed by atoms with Crippen molar-refractivity contribution >= 4 is 0 Å². The molecule has 2 heterocycles. The lowest BCUT2D eigenvalue weighted by Gasteiger charge is -2.32. The van der Waals surface area contributed by atoms with Crippen molar-refractivity contribution in [1.29, 1.82) is 0 Å². The number of piperidine rings is 1. The highest BCUT2D eigenvalue weighted by Gasteiger charge is 2.27. The van der Waals surface area contributed by atoms with E-state index in [9.17, 15) is 4.39 Å². The normalized spacial score (nSPS) is 21.6. The van der Waals surface area contributed by atoms with Crippen molar-refractivity contribution in [3.05, 3.63) is 53.6 Å². The standard InChI is InChI=1S/C21H24FNO3/c22-9-7-15-1-3-16(4-2-15)19-8-10-23-12-17(19)13-24-18-5-6-20-21(11-18)26-14-25-20/h1-6,11,17,19,23H,7-10,12-14H2/t17-,19-/m1/s1. The van der Waals surface area contributed by atoms with Gasteiger partial charge in [0.2, 0.25) is 6.79 Å². The predicted octanol–water partition coefficient (Wildman–Crippen LogP) is 3.70. The number of alkyl halides is 1. The molecule has 0 spiro atoms. The smallest absolute Gasteiger partial charge is 0.231 e. The van der Waals surface area contributed by atoms with E-state index in [1.807, 2.05) is 30.3 Å². The summed E-state index contributed by atoms with van der Waals surface area (Å²) in [6.45, 7) is 2.55. The van der Waals surface area contributed by atoms with Crippen LogP contribution in [0.1, 0.15) is 23.5 Å². The molecule has 1 fully saturated rings. The SMILES string of the molecule is FCCc1ccc([C@H]2CCNC[C@@H]2COc2ccc3c(c2)OCO3)cc1. The van der Waals surface area contributed by atoms with Gasteiger partial charge in [-0.25, -0.2) is 0 Å². The third-order valence-corrected chi connectivity index (χ3v) is 5.21. The van der Waals surface area contributed by atoms with Crippen LogP contribution in [-0.2, 0) is 6.42 Å². The first-order chi connectivity index (χ1) is 12.8. The largest absolute Gasteiger partial charge is 0.493 e. The summed E-state index contributed by atoms with van der Waals surface area (Å²) in [5.74, 6) is 3.15. The van der Waals surface area contributed by atoms with Crippen LogP contribution in [0, 0.1) is 5.92 Å². The van der Waals surface area contributed by atoms with E-state index < -0.39 is 0 Å². The van der Waals surface area contributed by atoms with Gasteiger partial charge in [-0.3, -0.25) is 4.39 Å². The van der Waals surface area contributed by atoms with Gasteiger partial charge in [-0.15, -0.1) is 0 Å². The van der Waals surface area contributed by atoms with E-state index in [0.29, 0.717) is 24.9 Å². The lowest BCUT2D eigenvalue weighted by molar-refractivity contribution is 0.173. The van der Waals surface area contributed by atoms with Crippen molar-refractivity contribution in [1.82, 2.24) is 5.32 Å². The fourth-order valence-electron chi connectivity index (χ4n) is 3.75. The molecule has 1 saturated heterocycles. The maximum atomic E-state index is 12.5. The van der Waals surface area contributed by atoms with Gasteiger partial charge in [0.1, 0.15) is 5.75 Å². The lowest BCUT2D eigenvalue weighted by Crippen LogP contribution is -2.38. The molecule has 0 saturated carbocycles. The summed E-state index contributed by atoms with van der Waals surface area (Å²) < 4.78 is 29.3. The van der Waals surface area contributed by atoms with Crippen LogP contribution >= 0.6 is 0 Å². The quantitative estimate of drug-likeness (QED) is 0.856. The van der Waals surface area contributed by atoms with Crippen molar-refractivity contribution < 1.29 is 18.6 Å². The summed E-state index contributed by atoms with van der Waals surface area (Å²) in [5, 5.41) is 3.47. The van der Waals surface area contributed by atoms with Crippen LogP contribution in [0.5, 0.6) is 17.2 Å². The minimum atomic E-state index is -0.307. The first-order valence-corrected chi connectivity index (χ1v) is 9.21. The molecule has 26 heavy (non-hydrogen) atoms. The summed E-state index contributed by atoms with van der Waals surface area (Å²) in [5.41, 5.74) is 2.37. The summed E-state index contributed by atoms with van der Waals surface area (Å²) in [6, 6.07) is 14.1. The molecule has 0 unspecified atom stereocenters. The topological polar surface area (TPSA) is 39.7 Å². The minimum absolute atomic E-state index is 0.270. The van der Waals surface area contributed by atoms with Crippen molar-refractivity contribution in [2.24, 2.45) is 5.92 Å². The van der Waals surface area contributed by atoms with E-state index in [1.165, 1.54) is 5.56 Å². The Bertz CT molecular complexity index is 735. The fourth-order valence-corrected chi connectivity index (χ4v) is 3.75. The Morgan fingerprint density at radius 3 is 2.77 bits per heavy atom.